The van der Waals surface area contributed by atoms with E-state index in [4.69, 9.17) is 9.15 Å². The van der Waals surface area contributed by atoms with Crippen LogP contribution in [0.25, 0.3) is 11.5 Å². The number of benzene rings is 1. The highest BCUT2D eigenvalue weighted by molar-refractivity contribution is 5.89. The number of pyridine rings is 1. The summed E-state index contributed by atoms with van der Waals surface area (Å²) in [5.41, 5.74) is 0.762. The van der Waals surface area contributed by atoms with Gasteiger partial charge in [0.15, 0.2) is 13.2 Å². The first-order chi connectivity index (χ1) is 12.9. The number of hydrogen-bond acceptors (Lipinski definition) is 7. The van der Waals surface area contributed by atoms with Crippen molar-refractivity contribution in [1.82, 2.24) is 15.2 Å². The van der Waals surface area contributed by atoms with E-state index < -0.39 is 18.8 Å². The second-order valence-corrected chi connectivity index (χ2v) is 5.23. The number of ether oxygens (including phenoxy) is 2. The number of alkyl halides is 3. The van der Waals surface area contributed by atoms with Crippen molar-refractivity contribution in [3.8, 4) is 17.3 Å². The van der Waals surface area contributed by atoms with Crippen molar-refractivity contribution in [2.24, 2.45) is 0 Å². The van der Waals surface area contributed by atoms with Gasteiger partial charge in [0.2, 0.25) is 11.8 Å². The third kappa shape index (κ3) is 5.27. The largest absolute Gasteiger partial charge is 0.468 e. The molecule has 7 nitrogen and oxygen atoms in total. The molecule has 3 rings (SSSR count). The van der Waals surface area contributed by atoms with Crippen LogP contribution in [-0.2, 0) is 11.3 Å². The molecular formula is C17H12F3N3O4. The Morgan fingerprint density at radius 3 is 2.52 bits per heavy atom. The fourth-order valence-electron chi connectivity index (χ4n) is 1.96. The van der Waals surface area contributed by atoms with Crippen molar-refractivity contribution in [2.45, 2.75) is 12.8 Å². The highest BCUT2D eigenvalue weighted by Crippen LogP contribution is 2.19. The molecule has 1 aromatic carbocycles. The monoisotopic (exact) mass is 379 g/mol. The quantitative estimate of drug-likeness (QED) is 0.607. The minimum Gasteiger partial charge on any atom is -0.468 e. The summed E-state index contributed by atoms with van der Waals surface area (Å²) in [5.74, 6) is -0.618. The van der Waals surface area contributed by atoms with Crippen LogP contribution in [0.15, 0.2) is 53.1 Å². The minimum atomic E-state index is -4.47. The number of nitrogens with zero attached hydrogens (tertiary/aromatic N) is 3. The average molecular weight is 379 g/mol. The van der Waals surface area contributed by atoms with Crippen LogP contribution < -0.4 is 4.74 Å². The molecule has 27 heavy (non-hydrogen) atoms. The molecule has 0 amide bonds. The molecule has 0 saturated carbocycles. The third-order valence-corrected chi connectivity index (χ3v) is 3.17. The number of aromatic nitrogens is 3. The lowest BCUT2D eigenvalue weighted by Gasteiger charge is -2.08. The Labute approximate surface area is 150 Å². The molecule has 140 valence electrons. The van der Waals surface area contributed by atoms with Gasteiger partial charge in [-0.15, -0.1) is 10.2 Å². The van der Waals surface area contributed by atoms with Gasteiger partial charge in [0.1, 0.15) is 0 Å². The average Bonchev–Trinajstić information content (AvgIpc) is 3.14. The molecule has 0 N–H and O–H groups in total. The standard InChI is InChI=1S/C17H12F3N3O4/c18-17(19,20)10-26-13-7-6-12(8-21-13)16(24)25-9-14-22-23-15(27-14)11-4-2-1-3-5-11/h1-8H,9-10H2. The lowest BCUT2D eigenvalue weighted by atomic mass is 10.2. The Kier molecular flexibility index (Phi) is 5.34. The number of carbonyl (C=O) groups is 1. The van der Waals surface area contributed by atoms with Gasteiger partial charge in [0, 0.05) is 17.8 Å². The topological polar surface area (TPSA) is 87.3 Å². The van der Waals surface area contributed by atoms with Gasteiger partial charge in [-0.1, -0.05) is 18.2 Å². The second kappa shape index (κ2) is 7.85. The van der Waals surface area contributed by atoms with Crippen LogP contribution in [0.2, 0.25) is 0 Å². The van der Waals surface area contributed by atoms with Crippen molar-refractivity contribution in [2.75, 3.05) is 6.61 Å². The van der Waals surface area contributed by atoms with E-state index in [1.807, 2.05) is 18.2 Å². The van der Waals surface area contributed by atoms with Crippen molar-refractivity contribution in [1.29, 1.82) is 0 Å². The third-order valence-electron chi connectivity index (χ3n) is 3.17. The fourth-order valence-corrected chi connectivity index (χ4v) is 1.96. The molecule has 10 heteroatoms. The summed E-state index contributed by atoms with van der Waals surface area (Å²) in [6.07, 6.45) is -3.42. The second-order valence-electron chi connectivity index (χ2n) is 5.23. The zero-order chi connectivity index (χ0) is 19.3. The maximum atomic E-state index is 12.1. The highest BCUT2D eigenvalue weighted by Gasteiger charge is 2.28. The predicted octanol–water partition coefficient (Wildman–Crippen LogP) is 3.43. The van der Waals surface area contributed by atoms with Crippen molar-refractivity contribution >= 4 is 5.97 Å². The summed E-state index contributed by atoms with van der Waals surface area (Å²) in [5, 5.41) is 7.64. The molecule has 3 aromatic rings. The van der Waals surface area contributed by atoms with Crippen LogP contribution in [-0.4, -0.2) is 33.9 Å². The van der Waals surface area contributed by atoms with Crippen molar-refractivity contribution in [3.05, 3.63) is 60.1 Å². The normalized spacial score (nSPS) is 11.2. The highest BCUT2D eigenvalue weighted by atomic mass is 19.4. The summed E-state index contributed by atoms with van der Waals surface area (Å²) < 4.78 is 51.1. The van der Waals surface area contributed by atoms with Gasteiger partial charge >= 0.3 is 12.1 Å². The predicted molar refractivity (Wildman–Crippen MR) is 84.6 cm³/mol. The Bertz CT molecular complexity index is 896. The zero-order valence-corrected chi connectivity index (χ0v) is 13.6. The van der Waals surface area contributed by atoms with E-state index >= 15 is 0 Å². The van der Waals surface area contributed by atoms with Gasteiger partial charge in [-0.3, -0.25) is 0 Å². The van der Waals surface area contributed by atoms with E-state index in [0.29, 0.717) is 0 Å². The minimum absolute atomic E-state index is 0.0390. The summed E-state index contributed by atoms with van der Waals surface area (Å²) in [7, 11) is 0. The van der Waals surface area contributed by atoms with E-state index in [-0.39, 0.29) is 29.8 Å². The van der Waals surface area contributed by atoms with Gasteiger partial charge in [-0.05, 0) is 18.2 Å². The molecular weight excluding hydrogens is 367 g/mol. The molecule has 0 aliphatic heterocycles. The Balaban J connectivity index is 1.54. The summed E-state index contributed by atoms with van der Waals surface area (Å²) in [6, 6.07) is 11.4. The smallest absolute Gasteiger partial charge is 0.422 e. The molecule has 0 aliphatic rings. The van der Waals surface area contributed by atoms with E-state index in [0.717, 1.165) is 17.8 Å². The summed E-state index contributed by atoms with van der Waals surface area (Å²) in [6.45, 7) is -1.73. The maximum Gasteiger partial charge on any atom is 0.422 e. The van der Waals surface area contributed by atoms with Crippen LogP contribution in [0.1, 0.15) is 16.2 Å². The number of carbonyl (C=O) groups excluding carboxylic acids is 1. The molecule has 2 aromatic heterocycles. The lowest BCUT2D eigenvalue weighted by Crippen LogP contribution is -2.19. The Hall–Kier alpha value is -3.43. The van der Waals surface area contributed by atoms with Crippen LogP contribution in [0.3, 0.4) is 0 Å². The summed E-state index contributed by atoms with van der Waals surface area (Å²) in [4.78, 5) is 15.6. The van der Waals surface area contributed by atoms with Crippen LogP contribution >= 0.6 is 0 Å². The van der Waals surface area contributed by atoms with Crippen molar-refractivity contribution < 1.29 is 31.9 Å². The molecule has 0 bridgehead atoms. The van der Waals surface area contributed by atoms with E-state index in [1.165, 1.54) is 6.07 Å². The SMILES string of the molecule is O=C(OCc1nnc(-c2ccccc2)o1)c1ccc(OCC(F)(F)F)nc1. The zero-order valence-electron chi connectivity index (χ0n) is 13.6. The van der Waals surface area contributed by atoms with Gasteiger partial charge in [0.05, 0.1) is 5.56 Å². The molecule has 0 unspecified atom stereocenters. The molecule has 2 heterocycles. The number of rotatable bonds is 6. The molecule has 0 atom stereocenters. The van der Waals surface area contributed by atoms with Crippen LogP contribution in [0.4, 0.5) is 13.2 Å². The first-order valence-corrected chi connectivity index (χ1v) is 7.61. The molecule has 0 fully saturated rings. The van der Waals surface area contributed by atoms with Gasteiger partial charge in [-0.25, -0.2) is 9.78 Å². The maximum absolute atomic E-state index is 12.1. The Morgan fingerprint density at radius 2 is 1.85 bits per heavy atom. The number of hydrogen-bond donors (Lipinski definition) is 0. The molecule has 0 radical (unpaired) electrons. The van der Waals surface area contributed by atoms with Crippen LogP contribution in [0.5, 0.6) is 5.88 Å². The van der Waals surface area contributed by atoms with Gasteiger partial charge in [0.25, 0.3) is 5.89 Å². The lowest BCUT2D eigenvalue weighted by molar-refractivity contribution is -0.154. The van der Waals surface area contributed by atoms with Gasteiger partial charge < -0.3 is 13.9 Å². The molecule has 0 saturated heterocycles. The summed E-state index contributed by atoms with van der Waals surface area (Å²) >= 11 is 0. The van der Waals surface area contributed by atoms with E-state index in [1.54, 1.807) is 12.1 Å². The fraction of sp³-hybridized carbons (Fsp3) is 0.176. The van der Waals surface area contributed by atoms with Crippen LogP contribution in [0, 0.1) is 0 Å². The van der Waals surface area contributed by atoms with E-state index in [2.05, 4.69) is 19.9 Å². The first-order valence-electron chi connectivity index (χ1n) is 7.61. The van der Waals surface area contributed by atoms with Crippen molar-refractivity contribution in [3.63, 3.8) is 0 Å². The van der Waals surface area contributed by atoms with E-state index in [9.17, 15) is 18.0 Å². The molecule has 0 aliphatic carbocycles. The van der Waals surface area contributed by atoms with Gasteiger partial charge in [-0.2, -0.15) is 13.2 Å². The number of esters is 1. The Morgan fingerprint density at radius 1 is 1.07 bits per heavy atom. The first kappa shape index (κ1) is 18.4. The number of halogens is 3. The molecule has 0 spiro atoms.